The van der Waals surface area contributed by atoms with Crippen LogP contribution in [0.25, 0.3) is 11.3 Å². The van der Waals surface area contributed by atoms with Crippen molar-refractivity contribution in [2.75, 3.05) is 13.1 Å². The topological polar surface area (TPSA) is 46.3 Å². The summed E-state index contributed by atoms with van der Waals surface area (Å²) in [4.78, 5) is 14.7. The summed E-state index contributed by atoms with van der Waals surface area (Å²) >= 11 is 0. The molecular weight excluding hydrogens is 264 g/mol. The van der Waals surface area contributed by atoms with Gasteiger partial charge in [0, 0.05) is 24.7 Å². The van der Waals surface area contributed by atoms with Gasteiger partial charge in [0.15, 0.2) is 5.76 Å². The number of hydrogen-bond donors (Lipinski definition) is 0. The lowest BCUT2D eigenvalue weighted by atomic mass is 9.99. The van der Waals surface area contributed by atoms with E-state index in [0.717, 1.165) is 55.8 Å². The Kier molecular flexibility index (Phi) is 2.84. The van der Waals surface area contributed by atoms with E-state index in [1.807, 2.05) is 41.3 Å². The highest BCUT2D eigenvalue weighted by Crippen LogP contribution is 2.50. The first-order valence-corrected chi connectivity index (χ1v) is 7.62. The van der Waals surface area contributed by atoms with Gasteiger partial charge in [0.2, 0.25) is 5.91 Å². The van der Waals surface area contributed by atoms with E-state index in [1.54, 1.807) is 0 Å². The summed E-state index contributed by atoms with van der Waals surface area (Å²) in [6.45, 7) is 1.79. The van der Waals surface area contributed by atoms with Crippen molar-refractivity contribution in [3.05, 3.63) is 42.1 Å². The minimum Gasteiger partial charge on any atom is -0.356 e. The van der Waals surface area contributed by atoms with E-state index in [9.17, 15) is 4.79 Å². The van der Waals surface area contributed by atoms with Crippen molar-refractivity contribution in [2.24, 2.45) is 0 Å². The van der Waals surface area contributed by atoms with E-state index in [0.29, 0.717) is 0 Å². The van der Waals surface area contributed by atoms with Gasteiger partial charge in [-0.25, -0.2) is 0 Å². The average molecular weight is 282 g/mol. The maximum atomic E-state index is 12.7. The van der Waals surface area contributed by atoms with Gasteiger partial charge in [0.25, 0.3) is 0 Å². The van der Waals surface area contributed by atoms with Crippen molar-refractivity contribution in [2.45, 2.75) is 31.1 Å². The molecule has 4 nitrogen and oxygen atoms in total. The zero-order chi connectivity index (χ0) is 14.3. The summed E-state index contributed by atoms with van der Waals surface area (Å²) in [5.74, 6) is 0.985. The highest BCUT2D eigenvalue weighted by atomic mass is 16.5. The van der Waals surface area contributed by atoms with E-state index in [2.05, 4.69) is 5.16 Å². The average Bonchev–Trinajstić information content (AvgIpc) is 2.96. The minimum atomic E-state index is -0.402. The third-order valence-electron chi connectivity index (χ3n) is 4.61. The van der Waals surface area contributed by atoms with Crippen LogP contribution in [0.3, 0.4) is 0 Å². The Morgan fingerprint density at radius 2 is 1.86 bits per heavy atom. The molecule has 1 aromatic heterocycles. The Morgan fingerprint density at radius 1 is 1.14 bits per heavy atom. The Bertz CT molecular complexity index is 652. The van der Waals surface area contributed by atoms with Crippen molar-refractivity contribution >= 4 is 5.91 Å². The number of nitrogens with zero attached hydrogens (tertiary/aromatic N) is 2. The molecule has 1 saturated carbocycles. The number of likely N-dealkylation sites (tertiary alicyclic amines) is 1. The molecule has 0 unspecified atom stereocenters. The van der Waals surface area contributed by atoms with Crippen LogP contribution in [-0.4, -0.2) is 29.1 Å². The van der Waals surface area contributed by atoms with Gasteiger partial charge in [-0.2, -0.15) is 0 Å². The van der Waals surface area contributed by atoms with Gasteiger partial charge in [-0.15, -0.1) is 0 Å². The van der Waals surface area contributed by atoms with Gasteiger partial charge in [0.1, 0.15) is 0 Å². The highest BCUT2D eigenvalue weighted by molar-refractivity contribution is 5.91. The summed E-state index contributed by atoms with van der Waals surface area (Å²) in [6.07, 6.45) is 4.03. The van der Waals surface area contributed by atoms with Crippen LogP contribution in [0.2, 0.25) is 0 Å². The van der Waals surface area contributed by atoms with E-state index < -0.39 is 5.41 Å². The molecule has 0 N–H and O–H groups in total. The SMILES string of the molecule is O=C(N1CCCC1)C1(c2cc(-c3ccccc3)on2)CC1. The van der Waals surface area contributed by atoms with Crippen molar-refractivity contribution in [3.63, 3.8) is 0 Å². The predicted octanol–water partition coefficient (Wildman–Crippen LogP) is 3.00. The molecule has 2 heterocycles. The fourth-order valence-corrected chi connectivity index (χ4v) is 3.17. The first-order valence-electron chi connectivity index (χ1n) is 7.62. The van der Waals surface area contributed by atoms with Gasteiger partial charge in [-0.1, -0.05) is 35.5 Å². The Balaban J connectivity index is 1.62. The summed E-state index contributed by atoms with van der Waals surface area (Å²) in [5.41, 5.74) is 1.40. The molecule has 2 aliphatic rings. The molecular formula is C17H18N2O2. The van der Waals surface area contributed by atoms with Crippen LogP contribution in [0.5, 0.6) is 0 Å². The zero-order valence-corrected chi connectivity index (χ0v) is 11.9. The van der Waals surface area contributed by atoms with Gasteiger partial charge in [-0.3, -0.25) is 4.79 Å². The van der Waals surface area contributed by atoms with Crippen molar-refractivity contribution in [3.8, 4) is 11.3 Å². The van der Waals surface area contributed by atoms with Crippen molar-refractivity contribution in [1.82, 2.24) is 10.1 Å². The van der Waals surface area contributed by atoms with E-state index >= 15 is 0 Å². The Labute approximate surface area is 123 Å². The summed E-state index contributed by atoms with van der Waals surface area (Å²) < 4.78 is 5.47. The standard InChI is InChI=1S/C17H18N2O2/c20-16(19-10-4-5-11-19)17(8-9-17)15-12-14(21-18-15)13-6-2-1-3-7-13/h1-3,6-7,12H,4-5,8-11H2. The lowest BCUT2D eigenvalue weighted by Crippen LogP contribution is -2.37. The first kappa shape index (κ1) is 12.6. The van der Waals surface area contributed by atoms with Crippen LogP contribution in [0.1, 0.15) is 31.4 Å². The lowest BCUT2D eigenvalue weighted by molar-refractivity contribution is -0.133. The molecule has 2 aromatic rings. The second-order valence-corrected chi connectivity index (χ2v) is 6.02. The Morgan fingerprint density at radius 3 is 2.52 bits per heavy atom. The molecule has 0 atom stereocenters. The van der Waals surface area contributed by atoms with Crippen LogP contribution in [0.4, 0.5) is 0 Å². The molecule has 0 bridgehead atoms. The van der Waals surface area contributed by atoms with Crippen molar-refractivity contribution < 1.29 is 9.32 Å². The van der Waals surface area contributed by atoms with Gasteiger partial charge >= 0.3 is 0 Å². The minimum absolute atomic E-state index is 0.243. The van der Waals surface area contributed by atoms with Crippen LogP contribution in [-0.2, 0) is 10.2 Å². The quantitative estimate of drug-likeness (QED) is 0.869. The number of amides is 1. The molecule has 1 saturated heterocycles. The molecule has 2 fully saturated rings. The first-order chi connectivity index (χ1) is 10.3. The van der Waals surface area contributed by atoms with E-state index in [1.165, 1.54) is 0 Å². The third kappa shape index (κ3) is 2.06. The smallest absolute Gasteiger partial charge is 0.234 e. The molecule has 0 spiro atoms. The summed E-state index contributed by atoms with van der Waals surface area (Å²) in [5, 5.41) is 4.20. The second-order valence-electron chi connectivity index (χ2n) is 6.02. The molecule has 1 amide bonds. The Hall–Kier alpha value is -2.10. The second kappa shape index (κ2) is 4.72. The number of carbonyl (C=O) groups excluding carboxylic acids is 1. The maximum absolute atomic E-state index is 12.7. The monoisotopic (exact) mass is 282 g/mol. The molecule has 1 aromatic carbocycles. The molecule has 0 radical (unpaired) electrons. The highest BCUT2D eigenvalue weighted by Gasteiger charge is 2.55. The van der Waals surface area contributed by atoms with Crippen LogP contribution < -0.4 is 0 Å². The van der Waals surface area contributed by atoms with Gasteiger partial charge in [-0.05, 0) is 25.7 Å². The van der Waals surface area contributed by atoms with E-state index in [-0.39, 0.29) is 5.91 Å². The molecule has 4 rings (SSSR count). The van der Waals surface area contributed by atoms with Crippen LogP contribution >= 0.6 is 0 Å². The number of rotatable bonds is 3. The summed E-state index contributed by atoms with van der Waals surface area (Å²) in [7, 11) is 0. The number of aromatic nitrogens is 1. The lowest BCUT2D eigenvalue weighted by Gasteiger charge is -2.20. The number of benzene rings is 1. The largest absolute Gasteiger partial charge is 0.356 e. The number of hydrogen-bond acceptors (Lipinski definition) is 3. The molecule has 1 aliphatic carbocycles. The van der Waals surface area contributed by atoms with Gasteiger partial charge in [0.05, 0.1) is 11.1 Å². The van der Waals surface area contributed by atoms with E-state index in [4.69, 9.17) is 4.52 Å². The molecule has 1 aliphatic heterocycles. The van der Waals surface area contributed by atoms with Crippen LogP contribution in [0.15, 0.2) is 40.9 Å². The molecule has 21 heavy (non-hydrogen) atoms. The van der Waals surface area contributed by atoms with Crippen molar-refractivity contribution in [1.29, 1.82) is 0 Å². The normalized spacial score (nSPS) is 19.7. The zero-order valence-electron chi connectivity index (χ0n) is 11.9. The summed E-state index contributed by atoms with van der Waals surface area (Å²) in [6, 6.07) is 11.8. The fraction of sp³-hybridized carbons (Fsp3) is 0.412. The van der Waals surface area contributed by atoms with Gasteiger partial charge < -0.3 is 9.42 Å². The predicted molar refractivity (Wildman–Crippen MR) is 78.7 cm³/mol. The van der Waals surface area contributed by atoms with Crippen LogP contribution in [0, 0.1) is 0 Å². The third-order valence-corrected chi connectivity index (χ3v) is 4.61. The number of carbonyl (C=O) groups is 1. The maximum Gasteiger partial charge on any atom is 0.234 e. The molecule has 108 valence electrons. The fourth-order valence-electron chi connectivity index (χ4n) is 3.17. The molecule has 4 heteroatoms.